The molecular weight excluding hydrogens is 347 g/mol. The van der Waals surface area contributed by atoms with Gasteiger partial charge in [0.2, 0.25) is 0 Å². The first-order chi connectivity index (χ1) is 8.97. The number of rotatable bonds is 3. The number of ether oxygens (including phenoxy) is 1. The van der Waals surface area contributed by atoms with E-state index >= 15 is 0 Å². The summed E-state index contributed by atoms with van der Waals surface area (Å²) >= 11 is -2.16. The van der Waals surface area contributed by atoms with E-state index in [9.17, 15) is 4.79 Å². The molecule has 0 spiro atoms. The van der Waals surface area contributed by atoms with E-state index in [-0.39, 0.29) is 6.61 Å². The van der Waals surface area contributed by atoms with Gasteiger partial charge in [0, 0.05) is 0 Å². The molecule has 1 aromatic heterocycles. The van der Waals surface area contributed by atoms with Gasteiger partial charge in [-0.2, -0.15) is 0 Å². The molecule has 4 nitrogen and oxygen atoms in total. The Hall–Kier alpha value is -1.30. The number of hydrogen-bond acceptors (Lipinski definition) is 3. The molecule has 0 atom stereocenters. The summed E-state index contributed by atoms with van der Waals surface area (Å²) in [4.78, 5) is 18.7. The summed E-state index contributed by atoms with van der Waals surface area (Å²) in [5.41, 5.74) is 0.971. The number of carbonyl (C=O) groups excluding carboxylic acids is 1. The molecule has 2 rings (SSSR count). The fourth-order valence-corrected chi connectivity index (χ4v) is 4.32. The van der Waals surface area contributed by atoms with Crippen LogP contribution in [0.1, 0.15) is 5.56 Å². The van der Waals surface area contributed by atoms with Gasteiger partial charge in [0.25, 0.3) is 0 Å². The van der Waals surface area contributed by atoms with Crippen molar-refractivity contribution in [1.82, 2.24) is 9.78 Å². The number of nitrogens with zero attached hydrogens (tertiary/aromatic N) is 2. The Bertz CT molecular complexity index is 558. The van der Waals surface area contributed by atoms with Crippen LogP contribution >= 0.6 is 0 Å². The van der Waals surface area contributed by atoms with E-state index in [2.05, 4.69) is 19.9 Å². The fraction of sp³-hybridized carbons (Fsp3) is 0.286. The van der Waals surface area contributed by atoms with Crippen LogP contribution in [0.4, 0.5) is 4.79 Å². The van der Waals surface area contributed by atoms with Crippen LogP contribution in [-0.4, -0.2) is 34.3 Å². The van der Waals surface area contributed by atoms with Crippen molar-refractivity contribution < 1.29 is 9.53 Å². The summed E-state index contributed by atoms with van der Waals surface area (Å²) < 4.78 is 7.73. The first-order valence-electron chi connectivity index (χ1n) is 6.23. The van der Waals surface area contributed by atoms with Crippen molar-refractivity contribution in [3.63, 3.8) is 0 Å². The standard InChI is InChI=1S/C11H9N2O2.3CH3.Sn/c14-11(13-8-4-7-12-13)15-9-10-5-2-1-3-6-10;;;;/h1-3,5-8H,9H2;3*1H3;. The van der Waals surface area contributed by atoms with Gasteiger partial charge in [-0.1, -0.05) is 0 Å². The Morgan fingerprint density at radius 2 is 1.95 bits per heavy atom. The molecule has 100 valence electrons. The maximum atomic E-state index is 11.9. The molecule has 19 heavy (non-hydrogen) atoms. The zero-order valence-corrected chi connectivity index (χ0v) is 14.3. The molecule has 0 amide bonds. The van der Waals surface area contributed by atoms with Crippen molar-refractivity contribution in [3.05, 3.63) is 48.3 Å². The fourth-order valence-electron chi connectivity index (χ4n) is 1.60. The number of benzene rings is 1. The number of hydrogen-bond donors (Lipinski definition) is 0. The van der Waals surface area contributed by atoms with E-state index in [4.69, 9.17) is 4.74 Å². The van der Waals surface area contributed by atoms with Crippen LogP contribution in [-0.2, 0) is 11.3 Å². The summed E-state index contributed by atoms with van der Waals surface area (Å²) in [5.74, 6) is 0. The van der Waals surface area contributed by atoms with Gasteiger partial charge in [0.15, 0.2) is 0 Å². The second kappa shape index (κ2) is 5.77. The average molecular weight is 365 g/mol. The zero-order chi connectivity index (χ0) is 13.9. The summed E-state index contributed by atoms with van der Waals surface area (Å²) in [5, 5.41) is 4.09. The van der Waals surface area contributed by atoms with Gasteiger partial charge in [-0.25, -0.2) is 0 Å². The molecule has 0 bridgehead atoms. The van der Waals surface area contributed by atoms with Crippen LogP contribution in [0.5, 0.6) is 0 Å². The SMILES string of the molecule is [CH3][Sn]([CH3])([CH3])[c]1cnn(C(=O)OCc2ccccc2)c1. The zero-order valence-electron chi connectivity index (χ0n) is 11.5. The number of carbonyl (C=O) groups is 1. The Kier molecular flexibility index (Phi) is 4.29. The molecule has 2 aromatic rings. The number of aromatic nitrogens is 2. The molecule has 5 heteroatoms. The van der Waals surface area contributed by atoms with E-state index in [0.717, 1.165) is 5.56 Å². The molecule has 0 aliphatic rings. The predicted molar refractivity (Wildman–Crippen MR) is 77.2 cm³/mol. The Morgan fingerprint density at radius 3 is 2.53 bits per heavy atom. The minimum atomic E-state index is -2.16. The minimum absolute atomic E-state index is 0.271. The molecule has 0 aliphatic heterocycles. The summed E-state index contributed by atoms with van der Waals surface area (Å²) in [6, 6.07) is 9.62. The van der Waals surface area contributed by atoms with Gasteiger partial charge in [0.05, 0.1) is 0 Å². The van der Waals surface area contributed by atoms with Gasteiger partial charge < -0.3 is 0 Å². The van der Waals surface area contributed by atoms with Crippen LogP contribution in [0.15, 0.2) is 42.7 Å². The Balaban J connectivity index is 1.99. The predicted octanol–water partition coefficient (Wildman–Crippen LogP) is 2.61. The summed E-state index contributed by atoms with van der Waals surface area (Å²) in [6.07, 6.45) is 3.18. The van der Waals surface area contributed by atoms with Crippen molar-refractivity contribution in [2.24, 2.45) is 0 Å². The van der Waals surface area contributed by atoms with Crippen LogP contribution in [0.3, 0.4) is 0 Å². The van der Waals surface area contributed by atoms with Crippen LogP contribution in [0.2, 0.25) is 14.8 Å². The second-order valence-corrected chi connectivity index (χ2v) is 20.0. The molecule has 0 fully saturated rings. The molecule has 0 N–H and O–H groups in total. The molecule has 0 saturated heterocycles. The second-order valence-electron chi connectivity index (χ2n) is 5.46. The topological polar surface area (TPSA) is 44.1 Å². The maximum absolute atomic E-state index is 11.9. The van der Waals surface area contributed by atoms with Crippen molar-refractivity contribution in [1.29, 1.82) is 0 Å². The quantitative estimate of drug-likeness (QED) is 0.786. The van der Waals surface area contributed by atoms with Gasteiger partial charge in [-0.3, -0.25) is 0 Å². The molecule has 0 unspecified atom stereocenters. The van der Waals surface area contributed by atoms with Gasteiger partial charge in [-0.05, 0) is 0 Å². The van der Waals surface area contributed by atoms with Crippen LogP contribution in [0, 0.1) is 0 Å². The molecule has 1 heterocycles. The first kappa shape index (κ1) is 14.1. The van der Waals surface area contributed by atoms with E-state index in [1.165, 1.54) is 8.26 Å². The third kappa shape index (κ3) is 3.83. The molecular formula is C14H18N2O2Sn. The van der Waals surface area contributed by atoms with Crippen LogP contribution < -0.4 is 3.58 Å². The normalized spacial score (nSPS) is 11.3. The van der Waals surface area contributed by atoms with E-state index < -0.39 is 24.5 Å². The van der Waals surface area contributed by atoms with Crippen molar-refractivity contribution in [3.8, 4) is 0 Å². The summed E-state index contributed by atoms with van der Waals surface area (Å²) in [6.45, 7) is 0.271. The van der Waals surface area contributed by atoms with Gasteiger partial charge >= 0.3 is 117 Å². The average Bonchev–Trinajstić information content (AvgIpc) is 2.87. The first-order valence-corrected chi connectivity index (χ1v) is 16.2. The Labute approximate surface area is 117 Å². The van der Waals surface area contributed by atoms with Crippen molar-refractivity contribution in [2.45, 2.75) is 21.4 Å². The van der Waals surface area contributed by atoms with Crippen LogP contribution in [0.25, 0.3) is 0 Å². The van der Waals surface area contributed by atoms with Crippen molar-refractivity contribution >= 4 is 28.0 Å². The molecule has 0 radical (unpaired) electrons. The molecule has 0 saturated carbocycles. The van der Waals surface area contributed by atoms with Gasteiger partial charge in [0.1, 0.15) is 0 Å². The van der Waals surface area contributed by atoms with Crippen molar-refractivity contribution in [2.75, 3.05) is 0 Å². The van der Waals surface area contributed by atoms with E-state index in [1.54, 1.807) is 6.20 Å². The van der Waals surface area contributed by atoms with E-state index in [0.29, 0.717) is 0 Å². The molecule has 0 aliphatic carbocycles. The third-order valence-corrected chi connectivity index (χ3v) is 8.52. The monoisotopic (exact) mass is 366 g/mol. The van der Waals surface area contributed by atoms with E-state index in [1.807, 2.05) is 36.5 Å². The van der Waals surface area contributed by atoms with Gasteiger partial charge in [-0.15, -0.1) is 0 Å². The Morgan fingerprint density at radius 1 is 1.26 bits per heavy atom. The summed E-state index contributed by atoms with van der Waals surface area (Å²) in [7, 11) is 0. The molecule has 1 aromatic carbocycles. The third-order valence-electron chi connectivity index (χ3n) is 2.84.